The number of amides is 2. The summed E-state index contributed by atoms with van der Waals surface area (Å²) in [5.74, 6) is -3.72. The summed E-state index contributed by atoms with van der Waals surface area (Å²) in [5.41, 5.74) is 3.99. The molecule has 196 valence electrons. The van der Waals surface area contributed by atoms with Crippen LogP contribution in [0, 0.1) is 0 Å². The molecule has 1 aromatic carbocycles. The molecule has 2 aromatic heterocycles. The number of halogens is 3. The minimum absolute atomic E-state index is 0.0360. The Balaban J connectivity index is 1.90. The largest absolute Gasteiger partial charge is 0.471 e. The van der Waals surface area contributed by atoms with Crippen LogP contribution in [0.15, 0.2) is 35.3 Å². The smallest absolute Gasteiger partial charge is 0.467 e. The van der Waals surface area contributed by atoms with Crippen molar-refractivity contribution in [2.45, 2.75) is 38.5 Å². The van der Waals surface area contributed by atoms with Gasteiger partial charge in [-0.1, -0.05) is 13.3 Å². The number of nitrogens with two attached hydrogens (primary N) is 1. The van der Waals surface area contributed by atoms with Gasteiger partial charge in [-0.2, -0.15) is 18.2 Å². The minimum atomic E-state index is -5.23. The van der Waals surface area contributed by atoms with Crippen LogP contribution < -0.4 is 21.5 Å². The number of nitrogens with zero attached hydrogens (tertiary/aromatic N) is 4. The van der Waals surface area contributed by atoms with Gasteiger partial charge in [0.15, 0.2) is 11.2 Å². The number of aromatic amines is 1. The molecule has 0 fully saturated rings. The number of carbonyl (C=O) groups is 3. The lowest BCUT2D eigenvalue weighted by Crippen LogP contribution is -2.42. The molecule has 0 aliphatic rings. The molecule has 3 aromatic rings. The van der Waals surface area contributed by atoms with Crippen molar-refractivity contribution in [1.82, 2.24) is 25.3 Å². The van der Waals surface area contributed by atoms with Crippen LogP contribution in [0.5, 0.6) is 0 Å². The van der Waals surface area contributed by atoms with Crippen molar-refractivity contribution in [3.05, 3.63) is 52.1 Å². The number of carbonyl (C=O) groups excluding carboxylic acids is 3. The summed E-state index contributed by atoms with van der Waals surface area (Å²) in [6.45, 7) is 1.11. The van der Waals surface area contributed by atoms with Crippen LogP contribution in [0.1, 0.15) is 35.8 Å². The molecule has 2 amide bonds. The predicted octanol–water partition coefficient (Wildman–Crippen LogP) is 1.46. The standard InChI is InChI=1S/C22H22F3N7O5/c1-3-4-14(19(35)37-2)29-17(33)11-5-7-13(8-6-11)32(20(36)22(23,24)25)10-12-9-27-16-15(28-12)18(34)31-21(26)30-16/h5-9,14H,3-4,10H2,1-2H3,(H,29,33)(H3,26,27,30,31,34). The molecule has 3 rings (SSSR count). The Morgan fingerprint density at radius 1 is 1.19 bits per heavy atom. The predicted molar refractivity (Wildman–Crippen MR) is 124 cm³/mol. The number of ether oxygens (including phenoxy) is 1. The number of methoxy groups -OCH3 is 1. The maximum atomic E-state index is 13.4. The first-order valence-corrected chi connectivity index (χ1v) is 10.8. The Kier molecular flexibility index (Phi) is 8.04. The van der Waals surface area contributed by atoms with Crippen molar-refractivity contribution >= 4 is 40.6 Å². The van der Waals surface area contributed by atoms with E-state index in [-0.39, 0.29) is 34.1 Å². The normalized spacial score (nSPS) is 12.1. The number of benzene rings is 1. The van der Waals surface area contributed by atoms with Crippen molar-refractivity contribution in [2.24, 2.45) is 0 Å². The SMILES string of the molecule is CCCC(NC(=O)c1ccc(N(Cc2cnc3nc(N)[nH]c(=O)c3n2)C(=O)C(F)(F)F)cc1)C(=O)OC. The Labute approximate surface area is 207 Å². The summed E-state index contributed by atoms with van der Waals surface area (Å²) >= 11 is 0. The molecule has 1 atom stereocenters. The number of hydrogen-bond acceptors (Lipinski definition) is 9. The first-order valence-electron chi connectivity index (χ1n) is 10.8. The maximum Gasteiger partial charge on any atom is 0.471 e. The highest BCUT2D eigenvalue weighted by Gasteiger charge is 2.43. The molecule has 0 radical (unpaired) electrons. The second-order valence-electron chi connectivity index (χ2n) is 7.76. The fourth-order valence-electron chi connectivity index (χ4n) is 3.36. The molecular weight excluding hydrogens is 499 g/mol. The summed E-state index contributed by atoms with van der Waals surface area (Å²) in [5, 5.41) is 2.51. The van der Waals surface area contributed by atoms with Gasteiger partial charge in [0.2, 0.25) is 5.95 Å². The van der Waals surface area contributed by atoms with Gasteiger partial charge in [0.1, 0.15) is 6.04 Å². The van der Waals surface area contributed by atoms with E-state index in [0.717, 1.165) is 18.3 Å². The van der Waals surface area contributed by atoms with E-state index in [4.69, 9.17) is 5.73 Å². The monoisotopic (exact) mass is 521 g/mol. The van der Waals surface area contributed by atoms with Gasteiger partial charge in [-0.3, -0.25) is 24.3 Å². The van der Waals surface area contributed by atoms with Crippen LogP contribution in [-0.2, 0) is 20.9 Å². The average molecular weight is 521 g/mol. The van der Waals surface area contributed by atoms with Gasteiger partial charge in [0.25, 0.3) is 11.5 Å². The molecule has 12 nitrogen and oxygen atoms in total. The number of anilines is 2. The number of alkyl halides is 3. The minimum Gasteiger partial charge on any atom is -0.467 e. The third-order valence-corrected chi connectivity index (χ3v) is 5.10. The van der Waals surface area contributed by atoms with Gasteiger partial charge in [0.05, 0.1) is 25.5 Å². The molecule has 0 spiro atoms. The lowest BCUT2D eigenvalue weighted by Gasteiger charge is -2.24. The molecule has 0 aliphatic carbocycles. The first kappa shape index (κ1) is 27.0. The number of fused-ring (bicyclic) bond motifs is 1. The fourth-order valence-corrected chi connectivity index (χ4v) is 3.36. The Hall–Kier alpha value is -4.56. The van der Waals surface area contributed by atoms with Crippen LogP contribution in [0.25, 0.3) is 11.2 Å². The molecule has 0 saturated heterocycles. The van der Waals surface area contributed by atoms with E-state index < -0.39 is 42.1 Å². The van der Waals surface area contributed by atoms with E-state index in [1.54, 1.807) is 0 Å². The Bertz CT molecular complexity index is 1380. The molecule has 2 heterocycles. The molecule has 0 aliphatic heterocycles. The molecular formula is C22H22F3N7O5. The fraction of sp³-hybridized carbons (Fsp3) is 0.318. The van der Waals surface area contributed by atoms with Gasteiger partial charge in [-0.15, -0.1) is 0 Å². The highest BCUT2D eigenvalue weighted by atomic mass is 19.4. The molecule has 15 heteroatoms. The molecule has 37 heavy (non-hydrogen) atoms. The van der Waals surface area contributed by atoms with Crippen molar-refractivity contribution < 1.29 is 32.3 Å². The third-order valence-electron chi connectivity index (χ3n) is 5.10. The second-order valence-corrected chi connectivity index (χ2v) is 7.76. The van der Waals surface area contributed by atoms with Gasteiger partial charge < -0.3 is 15.8 Å². The number of aromatic nitrogens is 4. The lowest BCUT2D eigenvalue weighted by molar-refractivity contribution is -0.170. The summed E-state index contributed by atoms with van der Waals surface area (Å²) in [7, 11) is 1.18. The van der Waals surface area contributed by atoms with Crippen LogP contribution in [0.2, 0.25) is 0 Å². The Morgan fingerprint density at radius 3 is 2.46 bits per heavy atom. The van der Waals surface area contributed by atoms with E-state index in [1.807, 2.05) is 6.92 Å². The van der Waals surface area contributed by atoms with Crippen molar-refractivity contribution in [3.8, 4) is 0 Å². The molecule has 0 bridgehead atoms. The van der Waals surface area contributed by atoms with Crippen LogP contribution in [0.3, 0.4) is 0 Å². The number of hydrogen-bond donors (Lipinski definition) is 3. The zero-order chi connectivity index (χ0) is 27.3. The van der Waals surface area contributed by atoms with Crippen LogP contribution >= 0.6 is 0 Å². The second kappa shape index (κ2) is 11.0. The van der Waals surface area contributed by atoms with E-state index in [1.165, 1.54) is 19.2 Å². The maximum absolute atomic E-state index is 13.4. The van der Waals surface area contributed by atoms with Crippen molar-refractivity contribution in [2.75, 3.05) is 17.7 Å². The first-order chi connectivity index (χ1) is 17.4. The highest BCUT2D eigenvalue weighted by molar-refractivity contribution is 5.99. The van der Waals surface area contributed by atoms with Gasteiger partial charge in [-0.05, 0) is 30.7 Å². The van der Waals surface area contributed by atoms with E-state index in [9.17, 15) is 32.3 Å². The van der Waals surface area contributed by atoms with E-state index in [0.29, 0.717) is 17.7 Å². The van der Waals surface area contributed by atoms with Gasteiger partial charge in [-0.25, -0.2) is 14.8 Å². The zero-order valence-electron chi connectivity index (χ0n) is 19.6. The number of esters is 1. The van der Waals surface area contributed by atoms with Gasteiger partial charge in [0, 0.05) is 11.3 Å². The number of nitrogens with one attached hydrogen (secondary N) is 2. The zero-order valence-corrected chi connectivity index (χ0v) is 19.6. The van der Waals surface area contributed by atoms with Crippen LogP contribution in [-0.4, -0.2) is 57.0 Å². The highest BCUT2D eigenvalue weighted by Crippen LogP contribution is 2.26. The Morgan fingerprint density at radius 2 is 1.86 bits per heavy atom. The molecule has 0 saturated carbocycles. The third kappa shape index (κ3) is 6.36. The number of H-pyrrole nitrogens is 1. The molecule has 1 unspecified atom stereocenters. The van der Waals surface area contributed by atoms with Crippen molar-refractivity contribution in [3.63, 3.8) is 0 Å². The van der Waals surface area contributed by atoms with E-state index >= 15 is 0 Å². The van der Waals surface area contributed by atoms with Crippen LogP contribution in [0.4, 0.5) is 24.8 Å². The van der Waals surface area contributed by atoms with E-state index in [2.05, 4.69) is 30.0 Å². The topological polar surface area (TPSA) is 173 Å². The summed E-state index contributed by atoms with van der Waals surface area (Å²) in [6, 6.07) is 3.77. The molecule has 4 N–H and O–H groups in total. The summed E-state index contributed by atoms with van der Waals surface area (Å²) in [4.78, 5) is 62.9. The van der Waals surface area contributed by atoms with Gasteiger partial charge >= 0.3 is 18.1 Å². The summed E-state index contributed by atoms with van der Waals surface area (Å²) in [6.07, 6.45) is -3.27. The quantitative estimate of drug-likeness (QED) is 0.371. The van der Waals surface area contributed by atoms with Crippen molar-refractivity contribution in [1.29, 1.82) is 0 Å². The number of nitrogen functional groups attached to an aromatic ring is 1. The lowest BCUT2D eigenvalue weighted by atomic mass is 10.1. The summed E-state index contributed by atoms with van der Waals surface area (Å²) < 4.78 is 44.8. The number of rotatable bonds is 8. The average Bonchev–Trinajstić information content (AvgIpc) is 2.85.